The predicted octanol–water partition coefficient (Wildman–Crippen LogP) is 3.94. The van der Waals surface area contributed by atoms with Crippen LogP contribution in [0.4, 0.5) is 18.9 Å². The standard InChI is InChI=1S/C20H20ClF3N4O/c1-18(29)12-19(13-18)4-6-27(7-5-19)16-8-17(21)25-10-15(16)3-2-14-9-26-28(11-14)20(22,23)24/h8-11,29H,4-7,12-13H2,1H3. The van der Waals surface area contributed by atoms with E-state index in [1.807, 2.05) is 6.92 Å². The van der Waals surface area contributed by atoms with Crippen molar-refractivity contribution in [3.63, 3.8) is 0 Å². The summed E-state index contributed by atoms with van der Waals surface area (Å²) in [6.45, 7) is 3.48. The molecule has 2 fully saturated rings. The van der Waals surface area contributed by atoms with Gasteiger partial charge in [-0.3, -0.25) is 0 Å². The first-order valence-electron chi connectivity index (χ1n) is 9.32. The molecule has 1 aliphatic carbocycles. The van der Waals surface area contributed by atoms with Crippen LogP contribution in [-0.4, -0.2) is 38.6 Å². The van der Waals surface area contributed by atoms with E-state index in [1.54, 1.807) is 6.07 Å². The van der Waals surface area contributed by atoms with Crippen molar-refractivity contribution in [3.05, 3.63) is 40.9 Å². The fraction of sp³-hybridized carbons (Fsp3) is 0.500. The normalized spacial score (nSPS) is 20.1. The molecule has 2 aromatic heterocycles. The number of piperidine rings is 1. The molecule has 1 N–H and O–H groups in total. The number of aliphatic hydroxyl groups is 1. The predicted molar refractivity (Wildman–Crippen MR) is 102 cm³/mol. The zero-order chi connectivity index (χ0) is 20.9. The van der Waals surface area contributed by atoms with Crippen LogP contribution in [0.2, 0.25) is 5.15 Å². The van der Waals surface area contributed by atoms with E-state index in [0.29, 0.717) is 10.7 Å². The zero-order valence-electron chi connectivity index (χ0n) is 15.8. The lowest BCUT2D eigenvalue weighted by Gasteiger charge is -2.55. The fourth-order valence-electron chi connectivity index (χ4n) is 4.58. The van der Waals surface area contributed by atoms with Crippen molar-refractivity contribution in [1.29, 1.82) is 0 Å². The second-order valence-corrected chi connectivity index (χ2v) is 8.64. The Morgan fingerprint density at radius 2 is 1.86 bits per heavy atom. The van der Waals surface area contributed by atoms with E-state index >= 15 is 0 Å². The van der Waals surface area contributed by atoms with E-state index in [2.05, 4.69) is 26.8 Å². The Morgan fingerprint density at radius 3 is 2.45 bits per heavy atom. The van der Waals surface area contributed by atoms with Crippen LogP contribution in [0.1, 0.15) is 43.7 Å². The van der Waals surface area contributed by atoms with Crippen molar-refractivity contribution >= 4 is 17.3 Å². The van der Waals surface area contributed by atoms with Crippen molar-refractivity contribution < 1.29 is 18.3 Å². The lowest BCUT2D eigenvalue weighted by atomic mass is 9.56. The number of aromatic nitrogens is 3. The molecule has 0 unspecified atom stereocenters. The maximum Gasteiger partial charge on any atom is 0.504 e. The second-order valence-electron chi connectivity index (χ2n) is 8.25. The van der Waals surface area contributed by atoms with Gasteiger partial charge in [0.2, 0.25) is 0 Å². The minimum absolute atomic E-state index is 0.0738. The molecule has 2 aliphatic rings. The summed E-state index contributed by atoms with van der Waals surface area (Å²) in [5.74, 6) is 5.63. The topological polar surface area (TPSA) is 54.2 Å². The summed E-state index contributed by atoms with van der Waals surface area (Å²) >= 11 is 6.08. The molecule has 0 bridgehead atoms. The largest absolute Gasteiger partial charge is 0.504 e. The van der Waals surface area contributed by atoms with Crippen molar-refractivity contribution in [3.8, 4) is 11.8 Å². The average Bonchev–Trinajstić information content (AvgIpc) is 3.09. The van der Waals surface area contributed by atoms with Gasteiger partial charge in [-0.25, -0.2) is 4.98 Å². The first-order chi connectivity index (χ1) is 13.6. The number of halogens is 4. The van der Waals surface area contributed by atoms with E-state index in [-0.39, 0.29) is 15.7 Å². The molecule has 29 heavy (non-hydrogen) atoms. The number of rotatable bonds is 1. The van der Waals surface area contributed by atoms with E-state index in [1.165, 1.54) is 6.20 Å². The molecular weight excluding hydrogens is 405 g/mol. The van der Waals surface area contributed by atoms with E-state index in [4.69, 9.17) is 11.6 Å². The summed E-state index contributed by atoms with van der Waals surface area (Å²) in [7, 11) is 0. The van der Waals surface area contributed by atoms with Crippen LogP contribution in [0.5, 0.6) is 0 Å². The minimum atomic E-state index is -4.57. The molecular formula is C20H20ClF3N4O. The molecule has 1 spiro atoms. The van der Waals surface area contributed by atoms with Crippen LogP contribution in [-0.2, 0) is 6.30 Å². The number of pyridine rings is 1. The summed E-state index contributed by atoms with van der Waals surface area (Å²) in [6.07, 6.45) is 2.48. The highest BCUT2D eigenvalue weighted by Crippen LogP contribution is 2.54. The molecule has 0 radical (unpaired) electrons. The van der Waals surface area contributed by atoms with Gasteiger partial charge in [0, 0.05) is 31.5 Å². The van der Waals surface area contributed by atoms with Gasteiger partial charge in [0.15, 0.2) is 0 Å². The van der Waals surface area contributed by atoms with Crippen molar-refractivity contribution in [1.82, 2.24) is 14.8 Å². The van der Waals surface area contributed by atoms with E-state index in [9.17, 15) is 18.3 Å². The molecule has 0 atom stereocenters. The number of anilines is 1. The average molecular weight is 425 g/mol. The third-order valence-corrected chi connectivity index (χ3v) is 5.92. The number of hydrogen-bond acceptors (Lipinski definition) is 4. The van der Waals surface area contributed by atoms with Crippen molar-refractivity contribution in [2.45, 2.75) is 44.5 Å². The molecule has 0 aromatic carbocycles. The fourth-order valence-corrected chi connectivity index (χ4v) is 4.74. The Bertz CT molecular complexity index is 972. The van der Waals surface area contributed by atoms with Gasteiger partial charge in [-0.15, -0.1) is 13.2 Å². The van der Waals surface area contributed by atoms with Gasteiger partial charge in [-0.1, -0.05) is 23.4 Å². The number of alkyl halides is 3. The minimum Gasteiger partial charge on any atom is -0.390 e. The van der Waals surface area contributed by atoms with Crippen LogP contribution in [0.3, 0.4) is 0 Å². The van der Waals surface area contributed by atoms with Crippen LogP contribution in [0.15, 0.2) is 24.7 Å². The molecule has 5 nitrogen and oxygen atoms in total. The SMILES string of the molecule is CC1(O)CC2(CCN(c3cc(Cl)ncc3C#Cc3cnn(C(F)(F)F)c3)CC2)C1. The lowest BCUT2D eigenvalue weighted by Crippen LogP contribution is -2.54. The Balaban J connectivity index is 1.53. The molecule has 1 saturated heterocycles. The highest BCUT2D eigenvalue weighted by molar-refractivity contribution is 6.29. The second kappa shape index (κ2) is 6.92. The van der Waals surface area contributed by atoms with Crippen LogP contribution in [0, 0.1) is 17.3 Å². The highest BCUT2D eigenvalue weighted by atomic mass is 35.5. The van der Waals surface area contributed by atoms with Gasteiger partial charge in [0.1, 0.15) is 5.15 Å². The monoisotopic (exact) mass is 424 g/mol. The van der Waals surface area contributed by atoms with Gasteiger partial charge >= 0.3 is 6.30 Å². The van der Waals surface area contributed by atoms with Crippen molar-refractivity contribution in [2.24, 2.45) is 5.41 Å². The molecule has 2 aromatic rings. The summed E-state index contributed by atoms with van der Waals surface area (Å²) < 4.78 is 37.9. The Kier molecular flexibility index (Phi) is 4.79. The summed E-state index contributed by atoms with van der Waals surface area (Å²) in [5.41, 5.74) is 1.24. The third kappa shape index (κ3) is 4.21. The van der Waals surface area contributed by atoms with E-state index < -0.39 is 11.9 Å². The molecule has 9 heteroatoms. The summed E-state index contributed by atoms with van der Waals surface area (Å²) in [6, 6.07) is 1.74. The van der Waals surface area contributed by atoms with Gasteiger partial charge in [-0.2, -0.15) is 9.78 Å². The smallest absolute Gasteiger partial charge is 0.390 e. The van der Waals surface area contributed by atoms with Gasteiger partial charge < -0.3 is 10.0 Å². The quantitative estimate of drug-likeness (QED) is 0.556. The highest BCUT2D eigenvalue weighted by Gasteiger charge is 2.51. The third-order valence-electron chi connectivity index (χ3n) is 5.71. The van der Waals surface area contributed by atoms with Gasteiger partial charge in [0.25, 0.3) is 0 Å². The summed E-state index contributed by atoms with van der Waals surface area (Å²) in [5, 5.41) is 13.7. The molecule has 4 rings (SSSR count). The number of nitrogens with zero attached hydrogens (tertiary/aromatic N) is 4. The number of hydrogen-bond donors (Lipinski definition) is 1. The van der Waals surface area contributed by atoms with Gasteiger partial charge in [-0.05, 0) is 38.0 Å². The van der Waals surface area contributed by atoms with Crippen LogP contribution < -0.4 is 4.90 Å². The lowest BCUT2D eigenvalue weighted by molar-refractivity contribution is -0.212. The maximum atomic E-state index is 12.7. The van der Waals surface area contributed by atoms with E-state index in [0.717, 1.165) is 56.9 Å². The Morgan fingerprint density at radius 1 is 1.17 bits per heavy atom. The molecule has 0 amide bonds. The first-order valence-corrected chi connectivity index (χ1v) is 9.70. The molecule has 1 aliphatic heterocycles. The van der Waals surface area contributed by atoms with Gasteiger partial charge in [0.05, 0.1) is 28.6 Å². The van der Waals surface area contributed by atoms with Crippen LogP contribution >= 0.6 is 11.6 Å². The first kappa shape index (κ1) is 20.0. The summed E-state index contributed by atoms with van der Waals surface area (Å²) in [4.78, 5) is 6.24. The van der Waals surface area contributed by atoms with Crippen molar-refractivity contribution in [2.75, 3.05) is 18.0 Å². The van der Waals surface area contributed by atoms with Crippen LogP contribution in [0.25, 0.3) is 0 Å². The zero-order valence-corrected chi connectivity index (χ0v) is 16.6. The molecule has 154 valence electrons. The molecule has 3 heterocycles. The molecule has 1 saturated carbocycles. The maximum absolute atomic E-state index is 12.7. The Labute approximate surface area is 171 Å². The Hall–Kier alpha value is -2.24.